The first-order chi connectivity index (χ1) is 14.4. The Hall–Kier alpha value is -3.35. The van der Waals surface area contributed by atoms with Gasteiger partial charge in [0.2, 0.25) is 0 Å². The molecule has 0 aromatic heterocycles. The van der Waals surface area contributed by atoms with E-state index >= 15 is 0 Å². The van der Waals surface area contributed by atoms with Gasteiger partial charge in [0.1, 0.15) is 0 Å². The van der Waals surface area contributed by atoms with Crippen molar-refractivity contribution >= 4 is 29.2 Å². The summed E-state index contributed by atoms with van der Waals surface area (Å²) in [6.45, 7) is 5.13. The Labute approximate surface area is 175 Å². The minimum atomic E-state index is -1.07. The topological polar surface area (TPSA) is 95.9 Å². The van der Waals surface area contributed by atoms with Crippen LogP contribution in [0.15, 0.2) is 42.5 Å². The van der Waals surface area contributed by atoms with Gasteiger partial charge < -0.3 is 20.1 Å². The molecule has 0 radical (unpaired) electrons. The van der Waals surface area contributed by atoms with E-state index in [1.54, 1.807) is 31.2 Å². The summed E-state index contributed by atoms with van der Waals surface area (Å²) in [4.78, 5) is 38.3. The summed E-state index contributed by atoms with van der Waals surface area (Å²) in [6.07, 6.45) is 1.23. The van der Waals surface area contributed by atoms with Crippen LogP contribution in [0.5, 0.6) is 0 Å². The molecule has 0 unspecified atom stereocenters. The van der Waals surface area contributed by atoms with E-state index in [1.165, 1.54) is 6.07 Å². The van der Waals surface area contributed by atoms with Gasteiger partial charge in [0, 0.05) is 24.3 Å². The first-order valence-corrected chi connectivity index (χ1v) is 10.1. The molecule has 1 heterocycles. The number of aryl methyl sites for hydroxylation is 1. The van der Waals surface area contributed by atoms with E-state index in [0.29, 0.717) is 49.5 Å². The number of rotatable bonds is 6. The second-order valence-electron chi connectivity index (χ2n) is 7.32. The van der Waals surface area contributed by atoms with Gasteiger partial charge in [0.15, 0.2) is 0 Å². The average Bonchev–Trinajstić information content (AvgIpc) is 2.74. The predicted octanol–water partition coefficient (Wildman–Crippen LogP) is 3.73. The molecule has 2 N–H and O–H groups in total. The van der Waals surface area contributed by atoms with Gasteiger partial charge in [0.25, 0.3) is 5.91 Å². The second kappa shape index (κ2) is 9.43. The second-order valence-corrected chi connectivity index (χ2v) is 7.32. The van der Waals surface area contributed by atoms with E-state index in [0.717, 1.165) is 5.56 Å². The van der Waals surface area contributed by atoms with Crippen molar-refractivity contribution in [1.29, 1.82) is 0 Å². The van der Waals surface area contributed by atoms with Crippen molar-refractivity contribution in [3.8, 4) is 0 Å². The number of ether oxygens (including phenoxy) is 1. The average molecular weight is 410 g/mol. The molecule has 1 amide bonds. The Morgan fingerprint density at radius 2 is 1.80 bits per heavy atom. The Kier molecular flexibility index (Phi) is 6.72. The number of carboxylic acids is 1. The van der Waals surface area contributed by atoms with Crippen LogP contribution in [-0.4, -0.2) is 42.6 Å². The molecule has 0 atom stereocenters. The number of carbonyl (C=O) groups excluding carboxylic acids is 2. The molecule has 158 valence electrons. The summed E-state index contributed by atoms with van der Waals surface area (Å²) >= 11 is 0. The van der Waals surface area contributed by atoms with Crippen LogP contribution in [0.25, 0.3) is 0 Å². The SMILES string of the molecule is CCOC(=O)C1CCN(c2ccc(NC(=O)c3ccccc3C)cc2C(=O)O)CC1. The summed E-state index contributed by atoms with van der Waals surface area (Å²) in [6, 6.07) is 12.1. The molecular weight excluding hydrogens is 384 g/mol. The van der Waals surface area contributed by atoms with E-state index < -0.39 is 5.97 Å². The highest BCUT2D eigenvalue weighted by Crippen LogP contribution is 2.29. The maximum atomic E-state index is 12.5. The number of hydrogen-bond donors (Lipinski definition) is 2. The maximum Gasteiger partial charge on any atom is 0.337 e. The Morgan fingerprint density at radius 3 is 2.43 bits per heavy atom. The number of hydrogen-bond acceptors (Lipinski definition) is 5. The zero-order chi connectivity index (χ0) is 21.7. The Balaban J connectivity index is 1.75. The number of aromatic carboxylic acids is 1. The lowest BCUT2D eigenvalue weighted by Crippen LogP contribution is -2.37. The van der Waals surface area contributed by atoms with Crippen molar-refractivity contribution in [1.82, 2.24) is 0 Å². The van der Waals surface area contributed by atoms with E-state index in [-0.39, 0.29) is 23.4 Å². The fraction of sp³-hybridized carbons (Fsp3) is 0.348. The molecule has 1 aliphatic rings. The molecule has 1 saturated heterocycles. The number of amides is 1. The minimum Gasteiger partial charge on any atom is -0.478 e. The van der Waals surface area contributed by atoms with Crippen molar-refractivity contribution in [3.05, 3.63) is 59.2 Å². The van der Waals surface area contributed by atoms with Crippen LogP contribution in [-0.2, 0) is 9.53 Å². The van der Waals surface area contributed by atoms with Crippen LogP contribution in [0.1, 0.15) is 46.0 Å². The lowest BCUT2D eigenvalue weighted by atomic mass is 9.96. The molecule has 0 saturated carbocycles. The normalized spacial score (nSPS) is 14.3. The van der Waals surface area contributed by atoms with Crippen molar-refractivity contribution in [3.63, 3.8) is 0 Å². The van der Waals surface area contributed by atoms with Gasteiger partial charge >= 0.3 is 11.9 Å². The third kappa shape index (κ3) is 4.79. The third-order valence-electron chi connectivity index (χ3n) is 5.33. The minimum absolute atomic E-state index is 0.118. The van der Waals surface area contributed by atoms with Crippen molar-refractivity contribution < 1.29 is 24.2 Å². The van der Waals surface area contributed by atoms with Crippen LogP contribution < -0.4 is 10.2 Å². The van der Waals surface area contributed by atoms with E-state index in [9.17, 15) is 19.5 Å². The molecule has 0 spiro atoms. The number of piperidine rings is 1. The van der Waals surface area contributed by atoms with Crippen molar-refractivity contribution in [2.45, 2.75) is 26.7 Å². The number of carboxylic acid groups (broad SMARTS) is 1. The molecule has 30 heavy (non-hydrogen) atoms. The zero-order valence-electron chi connectivity index (χ0n) is 17.2. The predicted molar refractivity (Wildman–Crippen MR) is 114 cm³/mol. The molecule has 2 aromatic rings. The van der Waals surface area contributed by atoms with E-state index in [1.807, 2.05) is 24.0 Å². The van der Waals surface area contributed by atoms with Gasteiger partial charge in [-0.3, -0.25) is 9.59 Å². The molecule has 7 nitrogen and oxygen atoms in total. The number of nitrogens with one attached hydrogen (secondary N) is 1. The van der Waals surface area contributed by atoms with Gasteiger partial charge in [-0.2, -0.15) is 0 Å². The largest absolute Gasteiger partial charge is 0.478 e. The standard InChI is InChI=1S/C23H26N2O5/c1-3-30-23(29)16-10-12-25(13-11-16)20-9-8-17(14-19(20)22(27)28)24-21(26)18-7-5-4-6-15(18)2/h4-9,14,16H,3,10-13H2,1-2H3,(H,24,26)(H,27,28). The molecule has 0 bridgehead atoms. The molecule has 1 aliphatic heterocycles. The molecule has 0 aliphatic carbocycles. The van der Waals surface area contributed by atoms with E-state index in [2.05, 4.69) is 5.32 Å². The van der Waals surface area contributed by atoms with Crippen LogP contribution in [0, 0.1) is 12.8 Å². The summed E-state index contributed by atoms with van der Waals surface area (Å²) in [5.41, 5.74) is 2.51. The van der Waals surface area contributed by atoms with Crippen LogP contribution in [0.3, 0.4) is 0 Å². The van der Waals surface area contributed by atoms with Gasteiger partial charge in [-0.15, -0.1) is 0 Å². The first-order valence-electron chi connectivity index (χ1n) is 10.1. The van der Waals surface area contributed by atoms with Crippen LogP contribution >= 0.6 is 0 Å². The van der Waals surface area contributed by atoms with E-state index in [4.69, 9.17) is 4.74 Å². The summed E-state index contributed by atoms with van der Waals surface area (Å²) in [5, 5.41) is 12.5. The molecule has 1 fully saturated rings. The van der Waals surface area contributed by atoms with Gasteiger partial charge in [0.05, 0.1) is 23.8 Å². The lowest BCUT2D eigenvalue weighted by Gasteiger charge is -2.33. The van der Waals surface area contributed by atoms with Crippen molar-refractivity contribution in [2.75, 3.05) is 29.9 Å². The summed E-state index contributed by atoms with van der Waals surface area (Å²) in [5.74, 6) is -1.69. The number of nitrogens with zero attached hydrogens (tertiary/aromatic N) is 1. The molecule has 2 aromatic carbocycles. The number of anilines is 2. The lowest BCUT2D eigenvalue weighted by molar-refractivity contribution is -0.148. The monoisotopic (exact) mass is 410 g/mol. The highest BCUT2D eigenvalue weighted by atomic mass is 16.5. The van der Waals surface area contributed by atoms with Crippen molar-refractivity contribution in [2.24, 2.45) is 5.92 Å². The third-order valence-corrected chi connectivity index (χ3v) is 5.33. The first kappa shape index (κ1) is 21.4. The summed E-state index contributed by atoms with van der Waals surface area (Å²) < 4.78 is 5.09. The molecular formula is C23H26N2O5. The molecule has 7 heteroatoms. The number of benzene rings is 2. The fourth-order valence-corrected chi connectivity index (χ4v) is 3.70. The number of esters is 1. The van der Waals surface area contributed by atoms with Crippen LogP contribution in [0.4, 0.5) is 11.4 Å². The van der Waals surface area contributed by atoms with Gasteiger partial charge in [-0.1, -0.05) is 18.2 Å². The quantitative estimate of drug-likeness (QED) is 0.705. The molecule has 3 rings (SSSR count). The number of carbonyl (C=O) groups is 3. The highest BCUT2D eigenvalue weighted by molar-refractivity contribution is 6.06. The fourth-order valence-electron chi connectivity index (χ4n) is 3.70. The Bertz CT molecular complexity index is 948. The zero-order valence-corrected chi connectivity index (χ0v) is 17.2. The summed E-state index contributed by atoms with van der Waals surface area (Å²) in [7, 11) is 0. The van der Waals surface area contributed by atoms with Gasteiger partial charge in [-0.25, -0.2) is 4.79 Å². The van der Waals surface area contributed by atoms with Gasteiger partial charge in [-0.05, 0) is 56.5 Å². The maximum absolute atomic E-state index is 12.5. The van der Waals surface area contributed by atoms with Crippen LogP contribution in [0.2, 0.25) is 0 Å². The highest BCUT2D eigenvalue weighted by Gasteiger charge is 2.28. The Morgan fingerprint density at radius 1 is 1.10 bits per heavy atom. The smallest absolute Gasteiger partial charge is 0.337 e.